The van der Waals surface area contributed by atoms with Gasteiger partial charge in [-0.2, -0.15) is 13.2 Å². The van der Waals surface area contributed by atoms with Crippen molar-refractivity contribution in [3.63, 3.8) is 0 Å². The largest absolute Gasteiger partial charge is 0.397 e. The third-order valence-corrected chi connectivity index (χ3v) is 3.81. The highest BCUT2D eigenvalue weighted by atomic mass is 32.1. The molecule has 1 aliphatic carbocycles. The Morgan fingerprint density at radius 1 is 1.16 bits per heavy atom. The molecule has 1 saturated carbocycles. The van der Waals surface area contributed by atoms with E-state index in [0.29, 0.717) is 12.8 Å². The number of nitrogens with two attached hydrogens (primary N) is 1. The molecular weight excluding hydrogens is 277 g/mol. The molecule has 0 aromatic rings. The zero-order valence-corrected chi connectivity index (χ0v) is 11.5. The first-order valence-electron chi connectivity index (χ1n) is 6.43. The molecule has 19 heavy (non-hydrogen) atoms. The van der Waals surface area contributed by atoms with E-state index < -0.39 is 24.0 Å². The standard InChI is InChI=1S/C12H19F3N2OS/c13-12(14,15)8-9(18)17-11(10(16)19)6-4-2-1-3-5-7-11/h1-8H2,(H2,16,19)(H,17,18). The fraction of sp³-hybridized carbons (Fsp3) is 0.833. The van der Waals surface area contributed by atoms with Gasteiger partial charge < -0.3 is 11.1 Å². The molecule has 1 rings (SSSR count). The van der Waals surface area contributed by atoms with Crippen LogP contribution in [0.4, 0.5) is 13.2 Å². The van der Waals surface area contributed by atoms with Crippen LogP contribution in [0.2, 0.25) is 0 Å². The van der Waals surface area contributed by atoms with E-state index >= 15 is 0 Å². The Bertz CT molecular complexity index is 336. The van der Waals surface area contributed by atoms with E-state index in [4.69, 9.17) is 18.0 Å². The summed E-state index contributed by atoms with van der Waals surface area (Å²) in [7, 11) is 0. The van der Waals surface area contributed by atoms with Crippen LogP contribution < -0.4 is 11.1 Å². The van der Waals surface area contributed by atoms with Gasteiger partial charge in [-0.3, -0.25) is 4.79 Å². The first-order valence-corrected chi connectivity index (χ1v) is 6.84. The molecule has 0 aliphatic heterocycles. The van der Waals surface area contributed by atoms with Crippen LogP contribution in [-0.4, -0.2) is 22.6 Å². The third-order valence-electron chi connectivity index (χ3n) is 3.42. The number of halogens is 3. The summed E-state index contributed by atoms with van der Waals surface area (Å²) in [6, 6.07) is 0. The van der Waals surface area contributed by atoms with Crippen LogP contribution in [0.1, 0.15) is 51.4 Å². The van der Waals surface area contributed by atoms with Crippen molar-refractivity contribution in [3.05, 3.63) is 0 Å². The summed E-state index contributed by atoms with van der Waals surface area (Å²) in [4.78, 5) is 11.6. The monoisotopic (exact) mass is 296 g/mol. The average Bonchev–Trinajstić information content (AvgIpc) is 2.18. The van der Waals surface area contributed by atoms with E-state index in [1.807, 2.05) is 0 Å². The molecule has 7 heteroatoms. The van der Waals surface area contributed by atoms with Gasteiger partial charge in [0.1, 0.15) is 6.42 Å². The van der Waals surface area contributed by atoms with Gasteiger partial charge in [0.15, 0.2) is 0 Å². The summed E-state index contributed by atoms with van der Waals surface area (Å²) in [5.74, 6) is -1.05. The van der Waals surface area contributed by atoms with Crippen molar-refractivity contribution < 1.29 is 18.0 Å². The molecule has 0 aromatic heterocycles. The van der Waals surface area contributed by atoms with Crippen LogP contribution in [-0.2, 0) is 4.79 Å². The third kappa shape index (κ3) is 5.34. The minimum Gasteiger partial charge on any atom is -0.391 e. The lowest BCUT2D eigenvalue weighted by atomic mass is 9.83. The highest BCUT2D eigenvalue weighted by Crippen LogP contribution is 2.28. The average molecular weight is 296 g/mol. The highest BCUT2D eigenvalue weighted by Gasteiger charge is 2.38. The topological polar surface area (TPSA) is 55.1 Å². The van der Waals surface area contributed by atoms with Gasteiger partial charge in [0, 0.05) is 0 Å². The van der Waals surface area contributed by atoms with Crippen molar-refractivity contribution in [1.82, 2.24) is 5.32 Å². The zero-order chi connectivity index (χ0) is 14.5. The molecule has 0 heterocycles. The summed E-state index contributed by atoms with van der Waals surface area (Å²) in [6.45, 7) is 0. The summed E-state index contributed by atoms with van der Waals surface area (Å²) in [5.41, 5.74) is 4.72. The quantitative estimate of drug-likeness (QED) is 0.787. The number of carbonyl (C=O) groups is 1. The van der Waals surface area contributed by atoms with Crippen molar-refractivity contribution in [2.45, 2.75) is 63.1 Å². The summed E-state index contributed by atoms with van der Waals surface area (Å²) < 4.78 is 36.6. The second-order valence-electron chi connectivity index (χ2n) is 5.05. The predicted molar refractivity (Wildman–Crippen MR) is 70.7 cm³/mol. The Hall–Kier alpha value is -0.850. The van der Waals surface area contributed by atoms with Gasteiger partial charge in [0.05, 0.1) is 10.5 Å². The molecule has 3 N–H and O–H groups in total. The lowest BCUT2D eigenvalue weighted by Gasteiger charge is -2.35. The van der Waals surface area contributed by atoms with Crippen LogP contribution >= 0.6 is 12.2 Å². The van der Waals surface area contributed by atoms with Gasteiger partial charge in [-0.25, -0.2) is 0 Å². The molecule has 110 valence electrons. The maximum atomic E-state index is 12.2. The van der Waals surface area contributed by atoms with E-state index in [0.717, 1.165) is 32.1 Å². The van der Waals surface area contributed by atoms with Gasteiger partial charge in [-0.15, -0.1) is 0 Å². The molecule has 1 fully saturated rings. The van der Waals surface area contributed by atoms with Crippen molar-refractivity contribution in [2.24, 2.45) is 5.73 Å². The molecule has 0 aromatic carbocycles. The maximum absolute atomic E-state index is 12.2. The number of alkyl halides is 3. The van der Waals surface area contributed by atoms with Gasteiger partial charge >= 0.3 is 6.18 Å². The molecule has 0 saturated heterocycles. The normalized spacial score (nSPS) is 20.2. The first kappa shape index (κ1) is 16.2. The predicted octanol–water partition coefficient (Wildman–Crippen LogP) is 2.82. The second kappa shape index (κ2) is 6.54. The highest BCUT2D eigenvalue weighted by molar-refractivity contribution is 7.80. The van der Waals surface area contributed by atoms with Gasteiger partial charge in [0.2, 0.25) is 5.91 Å². The summed E-state index contributed by atoms with van der Waals surface area (Å²) in [5, 5.41) is 2.43. The minimum atomic E-state index is -4.51. The summed E-state index contributed by atoms with van der Waals surface area (Å²) in [6.07, 6.45) is -0.269. The molecule has 0 spiro atoms. The van der Waals surface area contributed by atoms with Crippen molar-refractivity contribution in [1.29, 1.82) is 0 Å². The summed E-state index contributed by atoms with van der Waals surface area (Å²) >= 11 is 4.97. The smallest absolute Gasteiger partial charge is 0.391 e. The number of amides is 1. The van der Waals surface area contributed by atoms with Crippen LogP contribution in [0.15, 0.2) is 0 Å². The fourth-order valence-electron chi connectivity index (χ4n) is 2.44. The van der Waals surface area contributed by atoms with E-state index in [1.54, 1.807) is 0 Å². The Morgan fingerprint density at radius 3 is 2.05 bits per heavy atom. The van der Waals surface area contributed by atoms with Gasteiger partial charge in [-0.1, -0.05) is 44.3 Å². The Labute approximate surface area is 116 Å². The minimum absolute atomic E-state index is 0.0879. The molecule has 0 atom stereocenters. The van der Waals surface area contributed by atoms with E-state index in [-0.39, 0.29) is 4.99 Å². The van der Waals surface area contributed by atoms with Crippen LogP contribution in [0.3, 0.4) is 0 Å². The van der Waals surface area contributed by atoms with Crippen LogP contribution in [0.25, 0.3) is 0 Å². The maximum Gasteiger partial charge on any atom is 0.397 e. The fourth-order valence-corrected chi connectivity index (χ4v) is 2.69. The Balaban J connectivity index is 2.74. The molecule has 0 bridgehead atoms. The van der Waals surface area contributed by atoms with Gasteiger partial charge in [-0.05, 0) is 12.8 Å². The number of thiocarbonyl (C=S) groups is 1. The molecule has 3 nitrogen and oxygen atoms in total. The zero-order valence-electron chi connectivity index (χ0n) is 10.7. The van der Waals surface area contributed by atoms with Gasteiger partial charge in [0.25, 0.3) is 0 Å². The van der Waals surface area contributed by atoms with Crippen LogP contribution in [0.5, 0.6) is 0 Å². The molecule has 1 amide bonds. The van der Waals surface area contributed by atoms with Crippen LogP contribution in [0, 0.1) is 0 Å². The lowest BCUT2D eigenvalue weighted by Crippen LogP contribution is -2.57. The number of nitrogens with one attached hydrogen (secondary N) is 1. The number of hydrogen-bond donors (Lipinski definition) is 2. The molecular formula is C12H19F3N2OS. The molecule has 0 radical (unpaired) electrons. The Morgan fingerprint density at radius 2 is 1.63 bits per heavy atom. The van der Waals surface area contributed by atoms with E-state index in [2.05, 4.69) is 5.32 Å². The Kier molecular flexibility index (Phi) is 5.58. The number of rotatable bonds is 3. The first-order chi connectivity index (χ1) is 8.75. The number of carbonyl (C=O) groups excluding carboxylic acids is 1. The molecule has 0 unspecified atom stereocenters. The van der Waals surface area contributed by atoms with Crippen molar-refractivity contribution in [3.8, 4) is 0 Å². The van der Waals surface area contributed by atoms with Crippen molar-refractivity contribution in [2.75, 3.05) is 0 Å². The second-order valence-corrected chi connectivity index (χ2v) is 5.49. The van der Waals surface area contributed by atoms with Crippen molar-refractivity contribution >= 4 is 23.1 Å². The lowest BCUT2D eigenvalue weighted by molar-refractivity contribution is -0.154. The van der Waals surface area contributed by atoms with E-state index in [1.165, 1.54) is 0 Å². The molecule has 1 aliphatic rings. The number of hydrogen-bond acceptors (Lipinski definition) is 2. The van der Waals surface area contributed by atoms with E-state index in [9.17, 15) is 18.0 Å². The SMILES string of the molecule is NC(=S)C1(NC(=O)CC(F)(F)F)CCCCCCC1.